The number of amides is 1. The van der Waals surface area contributed by atoms with Crippen LogP contribution in [0, 0.1) is 0 Å². The molecule has 0 aromatic heterocycles. The van der Waals surface area contributed by atoms with Crippen molar-refractivity contribution < 1.29 is 4.79 Å². The van der Waals surface area contributed by atoms with Gasteiger partial charge in [0.25, 0.3) is 0 Å². The molecule has 0 aliphatic carbocycles. The third-order valence-corrected chi connectivity index (χ3v) is 3.47. The number of nitrogens with two attached hydrogens (primary N) is 1. The highest BCUT2D eigenvalue weighted by molar-refractivity contribution is 5.92. The molecule has 0 saturated carbocycles. The smallest absolute Gasteiger partial charge is 0.238 e. The van der Waals surface area contributed by atoms with Gasteiger partial charge in [0.05, 0.1) is 6.54 Å². The molecule has 18 heavy (non-hydrogen) atoms. The van der Waals surface area contributed by atoms with Crippen LogP contribution in [0.15, 0.2) is 24.3 Å². The maximum atomic E-state index is 11.9. The molecule has 0 saturated heterocycles. The van der Waals surface area contributed by atoms with Crippen molar-refractivity contribution in [1.29, 1.82) is 0 Å². The van der Waals surface area contributed by atoms with Crippen molar-refractivity contribution in [3.63, 3.8) is 0 Å². The molecule has 3 N–H and O–H groups in total. The first-order valence-electron chi connectivity index (χ1n) is 6.22. The number of nitrogen functional groups attached to an aromatic ring is 1. The summed E-state index contributed by atoms with van der Waals surface area (Å²) >= 11 is 0. The van der Waals surface area contributed by atoms with Gasteiger partial charge in [-0.25, -0.2) is 0 Å². The molecule has 0 atom stereocenters. The van der Waals surface area contributed by atoms with Gasteiger partial charge in [0.15, 0.2) is 0 Å². The minimum atomic E-state index is -0.0104. The van der Waals surface area contributed by atoms with Crippen LogP contribution in [0.25, 0.3) is 0 Å². The molecule has 4 heteroatoms. The third kappa shape index (κ3) is 4.04. The van der Waals surface area contributed by atoms with Crippen LogP contribution in [0.5, 0.6) is 0 Å². The van der Waals surface area contributed by atoms with Crippen molar-refractivity contribution in [3.05, 3.63) is 24.3 Å². The van der Waals surface area contributed by atoms with E-state index in [1.165, 1.54) is 0 Å². The molecule has 0 unspecified atom stereocenters. The van der Waals surface area contributed by atoms with Gasteiger partial charge in [0, 0.05) is 16.9 Å². The van der Waals surface area contributed by atoms with Crippen molar-refractivity contribution >= 4 is 17.3 Å². The van der Waals surface area contributed by atoms with E-state index in [1.807, 2.05) is 7.05 Å². The first kappa shape index (κ1) is 14.5. The average molecular weight is 249 g/mol. The van der Waals surface area contributed by atoms with Crippen LogP contribution < -0.4 is 11.1 Å². The zero-order valence-corrected chi connectivity index (χ0v) is 11.7. The van der Waals surface area contributed by atoms with E-state index < -0.39 is 0 Å². The third-order valence-electron chi connectivity index (χ3n) is 3.47. The SMILES string of the molecule is CCC(C)(C)N(C)CC(=O)Nc1ccc(N)cc1. The lowest BCUT2D eigenvalue weighted by atomic mass is 10.0. The summed E-state index contributed by atoms with van der Waals surface area (Å²) < 4.78 is 0. The molecule has 100 valence electrons. The monoisotopic (exact) mass is 249 g/mol. The zero-order valence-electron chi connectivity index (χ0n) is 11.7. The predicted molar refractivity (Wildman–Crippen MR) is 76.5 cm³/mol. The van der Waals surface area contributed by atoms with E-state index in [0.717, 1.165) is 12.1 Å². The molecule has 1 aromatic rings. The van der Waals surface area contributed by atoms with Crippen molar-refractivity contribution in [3.8, 4) is 0 Å². The largest absolute Gasteiger partial charge is 0.399 e. The number of anilines is 2. The summed E-state index contributed by atoms with van der Waals surface area (Å²) in [5, 5.41) is 2.86. The number of carbonyl (C=O) groups excluding carboxylic acids is 1. The Morgan fingerprint density at radius 2 is 1.89 bits per heavy atom. The van der Waals surface area contributed by atoms with Gasteiger partial charge < -0.3 is 11.1 Å². The fourth-order valence-electron chi connectivity index (χ4n) is 1.47. The summed E-state index contributed by atoms with van der Waals surface area (Å²) in [4.78, 5) is 13.9. The van der Waals surface area contributed by atoms with Gasteiger partial charge in [-0.05, 0) is 51.6 Å². The minimum Gasteiger partial charge on any atom is -0.399 e. The van der Waals surface area contributed by atoms with Gasteiger partial charge in [-0.15, -0.1) is 0 Å². The van der Waals surface area contributed by atoms with Crippen LogP contribution in [0.1, 0.15) is 27.2 Å². The number of likely N-dealkylation sites (N-methyl/N-ethyl adjacent to an activating group) is 1. The van der Waals surface area contributed by atoms with E-state index in [2.05, 4.69) is 31.0 Å². The maximum Gasteiger partial charge on any atom is 0.238 e. The summed E-state index contributed by atoms with van der Waals surface area (Å²) in [5.41, 5.74) is 7.09. The molecule has 1 rings (SSSR count). The van der Waals surface area contributed by atoms with Crippen LogP contribution in [0.2, 0.25) is 0 Å². The molecule has 0 fully saturated rings. The van der Waals surface area contributed by atoms with Crippen LogP contribution in [-0.4, -0.2) is 29.9 Å². The van der Waals surface area contributed by atoms with Gasteiger partial charge in [0.1, 0.15) is 0 Å². The summed E-state index contributed by atoms with van der Waals surface area (Å²) in [6.45, 7) is 6.76. The molecule has 0 aliphatic heterocycles. The van der Waals surface area contributed by atoms with E-state index in [9.17, 15) is 4.79 Å². The van der Waals surface area contributed by atoms with E-state index >= 15 is 0 Å². The first-order chi connectivity index (χ1) is 8.35. The first-order valence-corrected chi connectivity index (χ1v) is 6.22. The zero-order chi connectivity index (χ0) is 13.8. The number of hydrogen-bond donors (Lipinski definition) is 2. The summed E-state index contributed by atoms with van der Waals surface area (Å²) in [5.74, 6) is -0.0104. The molecule has 0 bridgehead atoms. The van der Waals surface area contributed by atoms with E-state index in [4.69, 9.17) is 5.73 Å². The van der Waals surface area contributed by atoms with Crippen molar-refractivity contribution in [2.75, 3.05) is 24.6 Å². The van der Waals surface area contributed by atoms with Gasteiger partial charge >= 0.3 is 0 Å². The summed E-state index contributed by atoms with van der Waals surface area (Å²) in [6.07, 6.45) is 0.999. The number of carbonyl (C=O) groups is 1. The van der Waals surface area contributed by atoms with Crippen LogP contribution >= 0.6 is 0 Å². The van der Waals surface area contributed by atoms with Crippen LogP contribution in [0.3, 0.4) is 0 Å². The predicted octanol–water partition coefficient (Wildman–Crippen LogP) is 2.33. The molecule has 4 nitrogen and oxygen atoms in total. The Balaban J connectivity index is 2.54. The second-order valence-electron chi connectivity index (χ2n) is 5.19. The lowest BCUT2D eigenvalue weighted by molar-refractivity contribution is -0.118. The van der Waals surface area contributed by atoms with Gasteiger partial charge in [0.2, 0.25) is 5.91 Å². The second kappa shape index (κ2) is 5.87. The fourth-order valence-corrected chi connectivity index (χ4v) is 1.47. The Bertz CT molecular complexity index is 398. The molecule has 0 spiro atoms. The second-order valence-corrected chi connectivity index (χ2v) is 5.19. The normalized spacial score (nSPS) is 11.6. The lowest BCUT2D eigenvalue weighted by Crippen LogP contribution is -2.44. The van der Waals surface area contributed by atoms with Crippen molar-refractivity contribution in [2.24, 2.45) is 0 Å². The highest BCUT2D eigenvalue weighted by Crippen LogP contribution is 2.16. The Hall–Kier alpha value is -1.55. The van der Waals surface area contributed by atoms with Gasteiger partial charge in [-0.3, -0.25) is 9.69 Å². The number of hydrogen-bond acceptors (Lipinski definition) is 3. The Morgan fingerprint density at radius 3 is 2.39 bits per heavy atom. The topological polar surface area (TPSA) is 58.4 Å². The van der Waals surface area contributed by atoms with Crippen molar-refractivity contribution in [1.82, 2.24) is 4.90 Å². The molecule has 0 aliphatic rings. The molecule has 1 aromatic carbocycles. The molecule has 1 amide bonds. The van der Waals surface area contributed by atoms with E-state index in [0.29, 0.717) is 12.2 Å². The Kier molecular flexibility index (Phi) is 4.73. The number of rotatable bonds is 5. The number of nitrogens with one attached hydrogen (secondary N) is 1. The highest BCUT2D eigenvalue weighted by atomic mass is 16.2. The molecular weight excluding hydrogens is 226 g/mol. The Labute approximate surface area is 109 Å². The van der Waals surface area contributed by atoms with E-state index in [1.54, 1.807) is 24.3 Å². The van der Waals surface area contributed by atoms with Crippen LogP contribution in [0.4, 0.5) is 11.4 Å². The summed E-state index contributed by atoms with van der Waals surface area (Å²) in [6, 6.07) is 7.15. The number of nitrogens with zero attached hydrogens (tertiary/aromatic N) is 1. The van der Waals surface area contributed by atoms with Crippen molar-refractivity contribution in [2.45, 2.75) is 32.7 Å². The maximum absolute atomic E-state index is 11.9. The molecule has 0 radical (unpaired) electrons. The van der Waals surface area contributed by atoms with Gasteiger partial charge in [-0.2, -0.15) is 0 Å². The van der Waals surface area contributed by atoms with E-state index in [-0.39, 0.29) is 11.4 Å². The highest BCUT2D eigenvalue weighted by Gasteiger charge is 2.22. The molecular formula is C14H23N3O. The quantitative estimate of drug-likeness (QED) is 0.787. The summed E-state index contributed by atoms with van der Waals surface area (Å²) in [7, 11) is 1.96. The lowest BCUT2D eigenvalue weighted by Gasteiger charge is -2.34. The Morgan fingerprint density at radius 1 is 1.33 bits per heavy atom. The minimum absolute atomic E-state index is 0.0104. The molecule has 0 heterocycles. The average Bonchev–Trinajstić information content (AvgIpc) is 2.32. The standard InChI is InChI=1S/C14H23N3O/c1-5-14(2,3)17(4)10-13(18)16-12-8-6-11(15)7-9-12/h6-9H,5,10,15H2,1-4H3,(H,16,18). The number of benzene rings is 1. The van der Waals surface area contributed by atoms with Crippen LogP contribution in [-0.2, 0) is 4.79 Å². The van der Waals surface area contributed by atoms with Gasteiger partial charge in [-0.1, -0.05) is 6.92 Å². The fraction of sp³-hybridized carbons (Fsp3) is 0.500.